The maximum Gasteiger partial charge on any atom is 0.405 e. The lowest BCUT2D eigenvalue weighted by Gasteiger charge is -2.27. The zero-order chi connectivity index (χ0) is 16.3. The number of anilines is 1. The van der Waals surface area contributed by atoms with Crippen molar-refractivity contribution in [2.24, 2.45) is 0 Å². The van der Waals surface area contributed by atoms with Crippen LogP contribution in [0.4, 0.5) is 23.4 Å². The SMILES string of the molecule is CCN(CC(F)(F)F)c1ncc(F)cc1CNC(C)(C)C. The molecule has 0 bridgehead atoms. The first-order valence-electron chi connectivity index (χ1n) is 6.73. The van der Waals surface area contributed by atoms with Crippen molar-refractivity contribution < 1.29 is 17.6 Å². The van der Waals surface area contributed by atoms with E-state index in [4.69, 9.17) is 0 Å². The molecule has 1 heterocycles. The van der Waals surface area contributed by atoms with Crippen LogP contribution in [-0.2, 0) is 6.54 Å². The van der Waals surface area contributed by atoms with E-state index in [1.165, 1.54) is 6.07 Å². The summed E-state index contributed by atoms with van der Waals surface area (Å²) in [5.74, 6) is -0.402. The highest BCUT2D eigenvalue weighted by Gasteiger charge is 2.31. The highest BCUT2D eigenvalue weighted by Crippen LogP contribution is 2.24. The van der Waals surface area contributed by atoms with E-state index in [1.807, 2.05) is 20.8 Å². The van der Waals surface area contributed by atoms with Gasteiger partial charge in [0.05, 0.1) is 6.20 Å². The summed E-state index contributed by atoms with van der Waals surface area (Å²) in [7, 11) is 0. The third kappa shape index (κ3) is 6.29. The van der Waals surface area contributed by atoms with Gasteiger partial charge in [-0.2, -0.15) is 13.2 Å². The molecular formula is C14H21F4N3. The summed E-state index contributed by atoms with van der Waals surface area (Å²) in [5.41, 5.74) is 0.181. The van der Waals surface area contributed by atoms with Crippen molar-refractivity contribution in [2.45, 2.75) is 46.0 Å². The zero-order valence-corrected chi connectivity index (χ0v) is 12.7. The zero-order valence-electron chi connectivity index (χ0n) is 12.7. The van der Waals surface area contributed by atoms with Gasteiger partial charge in [0.15, 0.2) is 0 Å². The van der Waals surface area contributed by atoms with Crippen molar-refractivity contribution in [1.29, 1.82) is 0 Å². The van der Waals surface area contributed by atoms with Gasteiger partial charge in [-0.3, -0.25) is 0 Å². The number of hydrogen-bond donors (Lipinski definition) is 1. The van der Waals surface area contributed by atoms with Gasteiger partial charge in [-0.05, 0) is 33.8 Å². The van der Waals surface area contributed by atoms with Crippen LogP contribution in [0.3, 0.4) is 0 Å². The third-order valence-electron chi connectivity index (χ3n) is 2.77. The molecule has 0 spiro atoms. The summed E-state index contributed by atoms with van der Waals surface area (Å²) in [6.45, 7) is 6.66. The van der Waals surface area contributed by atoms with Crippen LogP contribution in [0.25, 0.3) is 0 Å². The van der Waals surface area contributed by atoms with Crippen LogP contribution < -0.4 is 10.2 Å². The summed E-state index contributed by atoms with van der Waals surface area (Å²) < 4.78 is 51.2. The summed E-state index contributed by atoms with van der Waals surface area (Å²) >= 11 is 0. The van der Waals surface area contributed by atoms with Crippen LogP contribution in [0.5, 0.6) is 0 Å². The average molecular weight is 307 g/mol. The minimum absolute atomic E-state index is 0.140. The molecule has 21 heavy (non-hydrogen) atoms. The number of nitrogens with one attached hydrogen (secondary N) is 1. The predicted molar refractivity (Wildman–Crippen MR) is 74.7 cm³/mol. The number of nitrogens with zero attached hydrogens (tertiary/aromatic N) is 2. The molecule has 0 atom stereocenters. The molecular weight excluding hydrogens is 286 g/mol. The maximum atomic E-state index is 13.3. The first-order valence-corrected chi connectivity index (χ1v) is 6.73. The van der Waals surface area contributed by atoms with Crippen LogP contribution >= 0.6 is 0 Å². The highest BCUT2D eigenvalue weighted by atomic mass is 19.4. The Labute approximate surface area is 122 Å². The van der Waals surface area contributed by atoms with E-state index in [2.05, 4.69) is 10.3 Å². The molecule has 0 amide bonds. The lowest BCUT2D eigenvalue weighted by molar-refractivity contribution is -0.119. The summed E-state index contributed by atoms with van der Waals surface area (Å²) in [4.78, 5) is 4.94. The van der Waals surface area contributed by atoms with E-state index in [9.17, 15) is 17.6 Å². The Morgan fingerprint density at radius 2 is 1.86 bits per heavy atom. The predicted octanol–water partition coefficient (Wildman–Crippen LogP) is 3.50. The van der Waals surface area contributed by atoms with Crippen molar-refractivity contribution in [3.8, 4) is 0 Å². The molecule has 1 rings (SSSR count). The van der Waals surface area contributed by atoms with Gasteiger partial charge >= 0.3 is 6.18 Å². The summed E-state index contributed by atoms with van der Waals surface area (Å²) in [5, 5.41) is 3.13. The van der Waals surface area contributed by atoms with E-state index >= 15 is 0 Å². The Morgan fingerprint density at radius 3 is 2.33 bits per heavy atom. The molecule has 0 saturated carbocycles. The van der Waals surface area contributed by atoms with Crippen LogP contribution in [0, 0.1) is 5.82 Å². The smallest absolute Gasteiger partial charge is 0.348 e. The molecule has 0 unspecified atom stereocenters. The Morgan fingerprint density at radius 1 is 1.24 bits per heavy atom. The topological polar surface area (TPSA) is 28.2 Å². The van der Waals surface area contributed by atoms with Crippen LogP contribution in [-0.4, -0.2) is 29.8 Å². The lowest BCUT2D eigenvalue weighted by Crippen LogP contribution is -2.38. The number of hydrogen-bond acceptors (Lipinski definition) is 3. The van der Waals surface area contributed by atoms with Crippen molar-refractivity contribution in [2.75, 3.05) is 18.0 Å². The second-order valence-corrected chi connectivity index (χ2v) is 5.87. The Kier molecular flexibility index (Phi) is 5.55. The largest absolute Gasteiger partial charge is 0.405 e. The molecule has 0 aliphatic heterocycles. The molecule has 1 aromatic heterocycles. The van der Waals surface area contributed by atoms with E-state index in [-0.39, 0.29) is 24.4 Å². The standard InChI is InChI=1S/C14H21F4N3/c1-5-21(9-14(16,17)18)12-10(6-11(15)8-19-12)7-20-13(2,3)4/h6,8,20H,5,7,9H2,1-4H3. The van der Waals surface area contributed by atoms with Crippen LogP contribution in [0.2, 0.25) is 0 Å². The van der Waals surface area contributed by atoms with Gasteiger partial charge in [-0.15, -0.1) is 0 Å². The molecule has 0 aliphatic rings. The molecule has 0 aromatic carbocycles. The Hall–Kier alpha value is -1.37. The quantitative estimate of drug-likeness (QED) is 0.844. The minimum Gasteiger partial charge on any atom is -0.348 e. The average Bonchev–Trinajstić information content (AvgIpc) is 2.32. The number of halogens is 4. The molecule has 0 fully saturated rings. The summed E-state index contributed by atoms with van der Waals surface area (Å²) in [6.07, 6.45) is -3.39. The third-order valence-corrected chi connectivity index (χ3v) is 2.77. The van der Waals surface area contributed by atoms with E-state index in [1.54, 1.807) is 6.92 Å². The van der Waals surface area contributed by atoms with Gasteiger partial charge in [0.2, 0.25) is 0 Å². The lowest BCUT2D eigenvalue weighted by atomic mass is 10.1. The van der Waals surface area contributed by atoms with Gasteiger partial charge in [0, 0.05) is 24.2 Å². The molecule has 3 nitrogen and oxygen atoms in total. The number of pyridine rings is 1. The van der Waals surface area contributed by atoms with Gasteiger partial charge in [0.25, 0.3) is 0 Å². The first-order chi connectivity index (χ1) is 9.52. The first kappa shape index (κ1) is 17.7. The van der Waals surface area contributed by atoms with Crippen molar-refractivity contribution in [1.82, 2.24) is 10.3 Å². The molecule has 1 aromatic rings. The number of aromatic nitrogens is 1. The fourth-order valence-electron chi connectivity index (χ4n) is 1.80. The summed E-state index contributed by atoms with van der Waals surface area (Å²) in [6, 6.07) is 1.22. The number of alkyl halides is 3. The Balaban J connectivity index is 3.04. The van der Waals surface area contributed by atoms with Crippen molar-refractivity contribution >= 4 is 5.82 Å². The van der Waals surface area contributed by atoms with E-state index < -0.39 is 18.5 Å². The monoisotopic (exact) mass is 307 g/mol. The Bertz CT molecular complexity index is 466. The second-order valence-electron chi connectivity index (χ2n) is 5.87. The normalized spacial score (nSPS) is 12.6. The van der Waals surface area contributed by atoms with Gasteiger partial charge < -0.3 is 10.2 Å². The fourth-order valence-corrected chi connectivity index (χ4v) is 1.80. The van der Waals surface area contributed by atoms with E-state index in [0.29, 0.717) is 5.56 Å². The van der Waals surface area contributed by atoms with E-state index in [0.717, 1.165) is 11.1 Å². The fraction of sp³-hybridized carbons (Fsp3) is 0.643. The van der Waals surface area contributed by atoms with Crippen LogP contribution in [0.15, 0.2) is 12.3 Å². The van der Waals surface area contributed by atoms with Gasteiger partial charge in [-0.25, -0.2) is 9.37 Å². The molecule has 7 heteroatoms. The maximum absolute atomic E-state index is 13.3. The minimum atomic E-state index is -4.33. The number of rotatable bonds is 5. The molecule has 0 saturated heterocycles. The molecule has 0 aliphatic carbocycles. The highest BCUT2D eigenvalue weighted by molar-refractivity contribution is 5.47. The molecule has 1 N–H and O–H groups in total. The van der Waals surface area contributed by atoms with Crippen LogP contribution in [0.1, 0.15) is 33.3 Å². The van der Waals surface area contributed by atoms with Gasteiger partial charge in [-0.1, -0.05) is 0 Å². The van der Waals surface area contributed by atoms with Gasteiger partial charge in [0.1, 0.15) is 18.2 Å². The van der Waals surface area contributed by atoms with Crippen molar-refractivity contribution in [3.05, 3.63) is 23.6 Å². The molecule has 120 valence electrons. The molecule has 0 radical (unpaired) electrons. The second kappa shape index (κ2) is 6.60. The van der Waals surface area contributed by atoms with Crippen molar-refractivity contribution in [3.63, 3.8) is 0 Å².